The van der Waals surface area contributed by atoms with Crippen LogP contribution >= 0.6 is 11.6 Å². The fourth-order valence-corrected chi connectivity index (χ4v) is 1.79. The Morgan fingerprint density at radius 3 is 2.62 bits per heavy atom. The molecule has 1 heterocycles. The molecular formula is C11H8ClF2N5O2. The van der Waals surface area contributed by atoms with E-state index in [0.29, 0.717) is 6.07 Å². The molecule has 0 saturated heterocycles. The number of rotatable bonds is 4. The maximum atomic E-state index is 13.7. The Bertz CT molecular complexity index is 690. The first-order chi connectivity index (χ1) is 9.92. The van der Waals surface area contributed by atoms with E-state index in [1.165, 1.54) is 6.07 Å². The summed E-state index contributed by atoms with van der Waals surface area (Å²) in [5.41, 5.74) is 1.44. The Labute approximate surface area is 121 Å². The van der Waals surface area contributed by atoms with Crippen LogP contribution in [0.1, 0.15) is 0 Å². The molecule has 0 atom stereocenters. The molecule has 0 radical (unpaired) electrons. The van der Waals surface area contributed by atoms with E-state index < -0.39 is 22.2 Å². The minimum absolute atomic E-state index is 0.113. The van der Waals surface area contributed by atoms with Gasteiger partial charge >= 0.3 is 5.69 Å². The lowest BCUT2D eigenvalue weighted by atomic mass is 10.2. The zero-order valence-electron chi connectivity index (χ0n) is 10.2. The second-order valence-electron chi connectivity index (χ2n) is 3.84. The van der Waals surface area contributed by atoms with Crippen LogP contribution in [0.4, 0.5) is 31.8 Å². The SMILES string of the molecule is NNc1ccc([N+](=O)[O-])c(Nc2c(F)cc(F)cc2Cl)n1. The van der Waals surface area contributed by atoms with E-state index in [1.807, 2.05) is 0 Å². The molecule has 0 fully saturated rings. The standard InChI is InChI=1S/C11H8ClF2N5O2/c12-6-3-5(13)4-7(14)10(6)17-11-8(19(20)21)1-2-9(16-11)18-15/h1-4H,15H2,(H2,16,17,18). The van der Waals surface area contributed by atoms with Gasteiger partial charge in [0, 0.05) is 12.1 Å². The molecule has 1 aromatic carbocycles. The molecule has 2 aromatic rings. The number of nitrogen functional groups attached to an aromatic ring is 1. The van der Waals surface area contributed by atoms with E-state index in [9.17, 15) is 18.9 Å². The molecule has 4 N–H and O–H groups in total. The number of anilines is 3. The van der Waals surface area contributed by atoms with Crippen LogP contribution in [0.5, 0.6) is 0 Å². The highest BCUT2D eigenvalue weighted by Crippen LogP contribution is 2.32. The van der Waals surface area contributed by atoms with Gasteiger partial charge in [-0.25, -0.2) is 19.6 Å². The zero-order valence-corrected chi connectivity index (χ0v) is 11.0. The first kappa shape index (κ1) is 14.9. The van der Waals surface area contributed by atoms with Crippen molar-refractivity contribution in [2.75, 3.05) is 10.7 Å². The molecule has 0 unspecified atom stereocenters. The first-order valence-electron chi connectivity index (χ1n) is 5.46. The van der Waals surface area contributed by atoms with Crippen LogP contribution in [-0.2, 0) is 0 Å². The average molecular weight is 316 g/mol. The molecule has 1 aromatic heterocycles. The summed E-state index contributed by atoms with van der Waals surface area (Å²) in [5, 5.41) is 13.0. The number of nitrogens with zero attached hydrogens (tertiary/aromatic N) is 2. The van der Waals surface area contributed by atoms with Gasteiger partial charge < -0.3 is 10.7 Å². The summed E-state index contributed by atoms with van der Waals surface area (Å²) in [6.45, 7) is 0. The largest absolute Gasteiger partial charge is 0.331 e. The topological polar surface area (TPSA) is 106 Å². The average Bonchev–Trinajstić information content (AvgIpc) is 2.42. The fraction of sp³-hybridized carbons (Fsp3) is 0. The lowest BCUT2D eigenvalue weighted by Gasteiger charge is -2.10. The van der Waals surface area contributed by atoms with Gasteiger partial charge in [0.05, 0.1) is 15.6 Å². The van der Waals surface area contributed by atoms with Crippen LogP contribution in [0, 0.1) is 21.7 Å². The number of halogens is 3. The molecule has 2 rings (SSSR count). The second kappa shape index (κ2) is 5.85. The number of hydrazine groups is 1. The summed E-state index contributed by atoms with van der Waals surface area (Å²) in [6.07, 6.45) is 0. The summed E-state index contributed by atoms with van der Waals surface area (Å²) >= 11 is 5.71. The molecular weight excluding hydrogens is 308 g/mol. The number of pyridine rings is 1. The van der Waals surface area contributed by atoms with Crippen molar-refractivity contribution in [2.24, 2.45) is 5.84 Å². The van der Waals surface area contributed by atoms with Crippen molar-refractivity contribution in [3.05, 3.63) is 51.0 Å². The van der Waals surface area contributed by atoms with E-state index in [-0.39, 0.29) is 22.3 Å². The Hall–Kier alpha value is -2.52. The first-order valence-corrected chi connectivity index (χ1v) is 5.83. The van der Waals surface area contributed by atoms with Gasteiger partial charge in [0.2, 0.25) is 5.82 Å². The molecule has 10 heteroatoms. The summed E-state index contributed by atoms with van der Waals surface area (Å²) in [5.74, 6) is 3.10. The molecule has 0 spiro atoms. The number of hydrogen-bond donors (Lipinski definition) is 3. The van der Waals surface area contributed by atoms with E-state index in [1.54, 1.807) is 0 Å². The van der Waals surface area contributed by atoms with Crippen molar-refractivity contribution < 1.29 is 13.7 Å². The summed E-state index contributed by atoms with van der Waals surface area (Å²) < 4.78 is 26.7. The number of aromatic nitrogens is 1. The van der Waals surface area contributed by atoms with Gasteiger partial charge in [-0.3, -0.25) is 10.1 Å². The van der Waals surface area contributed by atoms with Crippen LogP contribution in [0.2, 0.25) is 5.02 Å². The van der Waals surface area contributed by atoms with Gasteiger partial charge in [0.25, 0.3) is 0 Å². The Morgan fingerprint density at radius 2 is 2.05 bits per heavy atom. The van der Waals surface area contributed by atoms with E-state index in [0.717, 1.165) is 12.1 Å². The smallest absolute Gasteiger partial charge is 0.311 e. The summed E-state index contributed by atoms with van der Waals surface area (Å²) in [4.78, 5) is 14.0. The minimum Gasteiger partial charge on any atom is -0.331 e. The highest BCUT2D eigenvalue weighted by Gasteiger charge is 2.19. The van der Waals surface area contributed by atoms with Crippen molar-refractivity contribution in [1.29, 1.82) is 0 Å². The Balaban J connectivity index is 2.50. The quantitative estimate of drug-likeness (QED) is 0.455. The van der Waals surface area contributed by atoms with Gasteiger partial charge in [-0.1, -0.05) is 11.6 Å². The molecule has 7 nitrogen and oxygen atoms in total. The maximum absolute atomic E-state index is 13.7. The van der Waals surface area contributed by atoms with Crippen LogP contribution < -0.4 is 16.6 Å². The third-order valence-corrected chi connectivity index (χ3v) is 2.77. The van der Waals surface area contributed by atoms with E-state index in [2.05, 4.69) is 15.7 Å². The molecule has 0 bridgehead atoms. The maximum Gasteiger partial charge on any atom is 0.311 e. The van der Waals surface area contributed by atoms with Crippen molar-refractivity contribution in [1.82, 2.24) is 4.98 Å². The molecule has 0 amide bonds. The molecule has 0 saturated carbocycles. The van der Waals surface area contributed by atoms with Gasteiger partial charge in [-0.05, 0) is 12.1 Å². The van der Waals surface area contributed by atoms with Crippen LogP contribution in [0.25, 0.3) is 0 Å². The third-order valence-electron chi connectivity index (χ3n) is 2.47. The van der Waals surface area contributed by atoms with Crippen LogP contribution in [-0.4, -0.2) is 9.91 Å². The van der Waals surface area contributed by atoms with Crippen LogP contribution in [0.15, 0.2) is 24.3 Å². The number of nitro groups is 1. The summed E-state index contributed by atoms with van der Waals surface area (Å²) in [6, 6.07) is 3.85. The molecule has 0 aliphatic rings. The van der Waals surface area contributed by atoms with E-state index >= 15 is 0 Å². The molecule has 21 heavy (non-hydrogen) atoms. The molecule has 0 aliphatic heterocycles. The molecule has 110 valence electrons. The second-order valence-corrected chi connectivity index (χ2v) is 4.24. The Kier molecular flexibility index (Phi) is 4.15. The van der Waals surface area contributed by atoms with Crippen molar-refractivity contribution >= 4 is 34.6 Å². The monoisotopic (exact) mass is 315 g/mol. The fourth-order valence-electron chi connectivity index (χ4n) is 1.55. The normalized spacial score (nSPS) is 10.3. The van der Waals surface area contributed by atoms with Crippen molar-refractivity contribution in [3.8, 4) is 0 Å². The van der Waals surface area contributed by atoms with Gasteiger partial charge in [-0.2, -0.15) is 0 Å². The lowest BCUT2D eigenvalue weighted by molar-refractivity contribution is -0.384. The van der Waals surface area contributed by atoms with E-state index in [4.69, 9.17) is 17.4 Å². The number of nitrogens with one attached hydrogen (secondary N) is 2. The number of nitrogens with two attached hydrogens (primary N) is 1. The highest BCUT2D eigenvalue weighted by atomic mass is 35.5. The van der Waals surface area contributed by atoms with Crippen molar-refractivity contribution in [3.63, 3.8) is 0 Å². The number of benzene rings is 1. The zero-order chi connectivity index (χ0) is 15.6. The minimum atomic E-state index is -1.01. The lowest BCUT2D eigenvalue weighted by Crippen LogP contribution is -2.10. The third kappa shape index (κ3) is 3.15. The van der Waals surface area contributed by atoms with Crippen LogP contribution in [0.3, 0.4) is 0 Å². The van der Waals surface area contributed by atoms with Gasteiger partial charge in [0.15, 0.2) is 5.82 Å². The molecule has 0 aliphatic carbocycles. The summed E-state index contributed by atoms with van der Waals surface area (Å²) in [7, 11) is 0. The number of hydrogen-bond acceptors (Lipinski definition) is 6. The highest BCUT2D eigenvalue weighted by molar-refractivity contribution is 6.33. The Morgan fingerprint density at radius 1 is 1.33 bits per heavy atom. The predicted molar refractivity (Wildman–Crippen MR) is 73.4 cm³/mol. The van der Waals surface area contributed by atoms with Crippen molar-refractivity contribution in [2.45, 2.75) is 0 Å². The predicted octanol–water partition coefficient (Wildman–Crippen LogP) is 2.95. The van der Waals surface area contributed by atoms with Gasteiger partial charge in [0.1, 0.15) is 11.6 Å². The van der Waals surface area contributed by atoms with Gasteiger partial charge in [-0.15, -0.1) is 0 Å².